The fourth-order valence-corrected chi connectivity index (χ4v) is 2.77. The van der Waals surface area contributed by atoms with E-state index < -0.39 is 0 Å². The molecule has 0 aromatic heterocycles. The van der Waals surface area contributed by atoms with Crippen LogP contribution in [0.5, 0.6) is 0 Å². The van der Waals surface area contributed by atoms with Crippen LogP contribution < -0.4 is 11.1 Å². The zero-order valence-corrected chi connectivity index (χ0v) is 11.1. The van der Waals surface area contributed by atoms with E-state index in [4.69, 9.17) is 5.73 Å². The minimum Gasteiger partial charge on any atom is -0.353 e. The maximum absolute atomic E-state index is 13.0. The Morgan fingerprint density at radius 1 is 1.37 bits per heavy atom. The van der Waals surface area contributed by atoms with E-state index in [-0.39, 0.29) is 24.2 Å². The topological polar surface area (TPSA) is 55.1 Å². The molecule has 19 heavy (non-hydrogen) atoms. The molecule has 1 aromatic rings. The zero-order valence-electron chi connectivity index (χ0n) is 11.1. The van der Waals surface area contributed by atoms with Crippen LogP contribution in [0.2, 0.25) is 0 Å². The van der Waals surface area contributed by atoms with Crippen molar-refractivity contribution < 1.29 is 9.18 Å². The average Bonchev–Trinajstić information content (AvgIpc) is 2.39. The summed E-state index contributed by atoms with van der Waals surface area (Å²) in [5.74, 6) is 0.0314. The van der Waals surface area contributed by atoms with Crippen molar-refractivity contribution in [1.82, 2.24) is 5.32 Å². The maximum atomic E-state index is 13.0. The highest BCUT2D eigenvalue weighted by atomic mass is 19.1. The van der Waals surface area contributed by atoms with E-state index in [2.05, 4.69) is 5.32 Å². The SMILES string of the molecule is NCC1CCCCC1NC(=O)Cc1cccc(F)c1. The Morgan fingerprint density at radius 2 is 2.16 bits per heavy atom. The first kappa shape index (κ1) is 14.0. The molecule has 3 N–H and O–H groups in total. The summed E-state index contributed by atoms with van der Waals surface area (Å²) in [6.07, 6.45) is 4.64. The molecule has 4 heteroatoms. The van der Waals surface area contributed by atoms with Crippen LogP contribution in [0.15, 0.2) is 24.3 Å². The second-order valence-electron chi connectivity index (χ2n) is 5.26. The van der Waals surface area contributed by atoms with Crippen molar-refractivity contribution in [2.75, 3.05) is 6.54 Å². The number of hydrogen-bond donors (Lipinski definition) is 2. The minimum absolute atomic E-state index is 0.0454. The van der Waals surface area contributed by atoms with Gasteiger partial charge >= 0.3 is 0 Å². The van der Waals surface area contributed by atoms with Crippen LogP contribution in [-0.2, 0) is 11.2 Å². The number of amides is 1. The molecule has 1 aliphatic rings. The Hall–Kier alpha value is -1.42. The highest BCUT2D eigenvalue weighted by molar-refractivity contribution is 5.78. The Balaban J connectivity index is 1.90. The largest absolute Gasteiger partial charge is 0.353 e. The monoisotopic (exact) mass is 264 g/mol. The van der Waals surface area contributed by atoms with Gasteiger partial charge in [-0.2, -0.15) is 0 Å². The number of hydrogen-bond acceptors (Lipinski definition) is 2. The van der Waals surface area contributed by atoms with Gasteiger partial charge in [-0.1, -0.05) is 25.0 Å². The predicted octanol–water partition coefficient (Wildman–Crippen LogP) is 2.00. The van der Waals surface area contributed by atoms with E-state index in [0.29, 0.717) is 18.0 Å². The summed E-state index contributed by atoms with van der Waals surface area (Å²) in [6, 6.07) is 6.36. The quantitative estimate of drug-likeness (QED) is 0.874. The van der Waals surface area contributed by atoms with E-state index in [1.54, 1.807) is 12.1 Å². The number of carbonyl (C=O) groups is 1. The van der Waals surface area contributed by atoms with Crippen molar-refractivity contribution in [3.8, 4) is 0 Å². The second kappa shape index (κ2) is 6.66. The molecule has 0 aliphatic heterocycles. The lowest BCUT2D eigenvalue weighted by molar-refractivity contribution is -0.121. The smallest absolute Gasteiger partial charge is 0.224 e. The van der Waals surface area contributed by atoms with Crippen LogP contribution in [0.3, 0.4) is 0 Å². The van der Waals surface area contributed by atoms with Crippen molar-refractivity contribution in [1.29, 1.82) is 0 Å². The lowest BCUT2D eigenvalue weighted by Gasteiger charge is -2.31. The van der Waals surface area contributed by atoms with Crippen LogP contribution in [0.1, 0.15) is 31.2 Å². The van der Waals surface area contributed by atoms with E-state index in [1.165, 1.54) is 18.6 Å². The average molecular weight is 264 g/mol. The van der Waals surface area contributed by atoms with Gasteiger partial charge in [0.15, 0.2) is 0 Å². The number of carbonyl (C=O) groups excluding carboxylic acids is 1. The fraction of sp³-hybridized carbons (Fsp3) is 0.533. The molecule has 0 heterocycles. The van der Waals surface area contributed by atoms with Crippen LogP contribution >= 0.6 is 0 Å². The molecule has 2 unspecified atom stereocenters. The van der Waals surface area contributed by atoms with Gasteiger partial charge in [0.05, 0.1) is 6.42 Å². The van der Waals surface area contributed by atoms with E-state index >= 15 is 0 Å². The lowest BCUT2D eigenvalue weighted by atomic mass is 9.84. The molecule has 0 radical (unpaired) electrons. The standard InChI is InChI=1S/C15H21FN2O/c16-13-6-3-4-11(8-13)9-15(19)18-14-7-2-1-5-12(14)10-17/h3-4,6,8,12,14H,1-2,5,7,9-10,17H2,(H,18,19). The van der Waals surface area contributed by atoms with Gasteiger partial charge in [-0.25, -0.2) is 4.39 Å². The normalized spacial score (nSPS) is 23.1. The molecule has 1 aliphatic carbocycles. The summed E-state index contributed by atoms with van der Waals surface area (Å²) in [7, 11) is 0. The van der Waals surface area contributed by atoms with Gasteiger partial charge in [0.25, 0.3) is 0 Å². The Bertz CT molecular complexity index is 436. The van der Waals surface area contributed by atoms with Crippen LogP contribution in [-0.4, -0.2) is 18.5 Å². The van der Waals surface area contributed by atoms with Crippen LogP contribution in [0, 0.1) is 11.7 Å². The second-order valence-corrected chi connectivity index (χ2v) is 5.26. The number of nitrogens with one attached hydrogen (secondary N) is 1. The molecular weight excluding hydrogens is 243 g/mol. The molecule has 2 rings (SSSR count). The molecule has 3 nitrogen and oxygen atoms in total. The first-order valence-corrected chi connectivity index (χ1v) is 6.93. The highest BCUT2D eigenvalue weighted by Crippen LogP contribution is 2.23. The van der Waals surface area contributed by atoms with Crippen LogP contribution in [0.4, 0.5) is 4.39 Å². The Morgan fingerprint density at radius 3 is 2.89 bits per heavy atom. The summed E-state index contributed by atoms with van der Waals surface area (Å²) >= 11 is 0. The third-order valence-electron chi connectivity index (χ3n) is 3.81. The van der Waals surface area contributed by atoms with Gasteiger partial charge in [-0.15, -0.1) is 0 Å². The lowest BCUT2D eigenvalue weighted by Crippen LogP contribution is -2.45. The number of benzene rings is 1. The van der Waals surface area contributed by atoms with Crippen molar-refractivity contribution in [2.24, 2.45) is 11.7 Å². The fourth-order valence-electron chi connectivity index (χ4n) is 2.77. The summed E-state index contributed by atoms with van der Waals surface area (Å²) in [6.45, 7) is 0.616. The molecular formula is C15H21FN2O. The molecule has 0 spiro atoms. The first-order chi connectivity index (χ1) is 9.19. The molecule has 1 aromatic carbocycles. The van der Waals surface area contributed by atoms with Crippen LogP contribution in [0.25, 0.3) is 0 Å². The predicted molar refractivity (Wildman–Crippen MR) is 73.0 cm³/mol. The zero-order chi connectivity index (χ0) is 13.7. The summed E-state index contributed by atoms with van der Waals surface area (Å²) in [5, 5.41) is 3.05. The third-order valence-corrected chi connectivity index (χ3v) is 3.81. The molecule has 104 valence electrons. The number of halogens is 1. The van der Waals surface area contributed by atoms with Gasteiger partial charge < -0.3 is 11.1 Å². The number of nitrogens with two attached hydrogens (primary N) is 1. The van der Waals surface area contributed by atoms with Gasteiger partial charge in [-0.05, 0) is 43.0 Å². The molecule has 1 saturated carbocycles. The van der Waals surface area contributed by atoms with Gasteiger partial charge in [0, 0.05) is 6.04 Å². The Kier molecular flexibility index (Phi) is 4.91. The van der Waals surface area contributed by atoms with Gasteiger partial charge in [0.1, 0.15) is 5.82 Å². The highest BCUT2D eigenvalue weighted by Gasteiger charge is 2.25. The van der Waals surface area contributed by atoms with Gasteiger partial charge in [-0.3, -0.25) is 4.79 Å². The van der Waals surface area contributed by atoms with Crippen molar-refractivity contribution in [3.05, 3.63) is 35.6 Å². The molecule has 0 bridgehead atoms. The summed E-state index contributed by atoms with van der Waals surface area (Å²) in [5.41, 5.74) is 6.45. The number of rotatable bonds is 4. The summed E-state index contributed by atoms with van der Waals surface area (Å²) in [4.78, 5) is 12.0. The van der Waals surface area contributed by atoms with Crippen molar-refractivity contribution in [3.63, 3.8) is 0 Å². The van der Waals surface area contributed by atoms with E-state index in [1.807, 2.05) is 0 Å². The maximum Gasteiger partial charge on any atom is 0.224 e. The first-order valence-electron chi connectivity index (χ1n) is 6.93. The van der Waals surface area contributed by atoms with Crippen molar-refractivity contribution in [2.45, 2.75) is 38.1 Å². The van der Waals surface area contributed by atoms with E-state index in [0.717, 1.165) is 19.3 Å². The van der Waals surface area contributed by atoms with Gasteiger partial charge in [0.2, 0.25) is 5.91 Å². The molecule has 0 saturated heterocycles. The Labute approximate surface area is 113 Å². The molecule has 2 atom stereocenters. The molecule has 1 fully saturated rings. The van der Waals surface area contributed by atoms with E-state index in [9.17, 15) is 9.18 Å². The third kappa shape index (κ3) is 4.03. The van der Waals surface area contributed by atoms with Crippen molar-refractivity contribution >= 4 is 5.91 Å². The summed E-state index contributed by atoms with van der Waals surface area (Å²) < 4.78 is 13.0. The minimum atomic E-state index is -0.303. The molecule has 1 amide bonds.